The van der Waals surface area contributed by atoms with E-state index in [9.17, 15) is 4.79 Å². The van der Waals surface area contributed by atoms with Gasteiger partial charge in [0.15, 0.2) is 0 Å². The number of nitrogens with zero attached hydrogens (tertiary/aromatic N) is 1. The minimum absolute atomic E-state index is 0.355. The molecule has 1 unspecified atom stereocenters. The van der Waals surface area contributed by atoms with Gasteiger partial charge in [0.2, 0.25) is 5.91 Å². The minimum Gasteiger partial charge on any atom is -0.368 e. The lowest BCUT2D eigenvalue weighted by Gasteiger charge is -2.29. The summed E-state index contributed by atoms with van der Waals surface area (Å²) in [6.45, 7) is 5.40. The van der Waals surface area contributed by atoms with Crippen LogP contribution in [-0.4, -0.2) is 38.0 Å². The van der Waals surface area contributed by atoms with Gasteiger partial charge in [0.05, 0.1) is 0 Å². The third-order valence-corrected chi connectivity index (χ3v) is 3.13. The first-order valence-electron chi connectivity index (χ1n) is 6.13. The smallest absolute Gasteiger partial charge is 0.242 e. The van der Waals surface area contributed by atoms with Crippen molar-refractivity contribution in [1.29, 1.82) is 0 Å². The molecule has 0 aliphatic heterocycles. The van der Waals surface area contributed by atoms with Crippen LogP contribution < -0.4 is 11.1 Å². The summed E-state index contributed by atoms with van der Waals surface area (Å²) >= 11 is 0. The number of rotatable bonds is 6. The van der Waals surface area contributed by atoms with Crippen LogP contribution in [0.3, 0.4) is 0 Å². The van der Waals surface area contributed by atoms with Gasteiger partial charge in [0, 0.05) is 13.1 Å². The Balaban J connectivity index is 2.90. The van der Waals surface area contributed by atoms with Crippen molar-refractivity contribution >= 4 is 5.91 Å². The maximum absolute atomic E-state index is 11.8. The molecule has 18 heavy (non-hydrogen) atoms. The van der Waals surface area contributed by atoms with Gasteiger partial charge in [-0.15, -0.1) is 0 Å². The predicted molar refractivity (Wildman–Crippen MR) is 74.3 cm³/mol. The highest BCUT2D eigenvalue weighted by atomic mass is 16.1. The van der Waals surface area contributed by atoms with Crippen LogP contribution in [0.2, 0.25) is 0 Å². The maximum Gasteiger partial charge on any atom is 0.242 e. The first-order valence-corrected chi connectivity index (χ1v) is 6.13. The van der Waals surface area contributed by atoms with Crippen molar-refractivity contribution < 1.29 is 4.79 Å². The number of amides is 1. The molecule has 4 heteroatoms. The molecule has 1 aromatic rings. The van der Waals surface area contributed by atoms with Crippen LogP contribution in [0.5, 0.6) is 0 Å². The van der Waals surface area contributed by atoms with E-state index in [4.69, 9.17) is 5.73 Å². The summed E-state index contributed by atoms with van der Waals surface area (Å²) in [6.07, 6.45) is 0. The zero-order valence-corrected chi connectivity index (χ0v) is 11.7. The van der Waals surface area contributed by atoms with Crippen LogP contribution >= 0.6 is 0 Å². The fourth-order valence-corrected chi connectivity index (χ4v) is 1.82. The molecule has 0 aliphatic carbocycles. The standard InChI is InChI=1S/C14H23N3O/c1-11-6-5-7-12(10-11)14(2,13(15)18)16-8-9-17(3)4/h5-7,10,16H,8-9H2,1-4H3,(H2,15,18). The summed E-state index contributed by atoms with van der Waals surface area (Å²) in [5, 5.41) is 3.25. The fraction of sp³-hybridized carbons (Fsp3) is 0.500. The van der Waals surface area contributed by atoms with E-state index in [1.165, 1.54) is 0 Å². The molecule has 1 amide bonds. The lowest BCUT2D eigenvalue weighted by molar-refractivity contribution is -0.124. The Morgan fingerprint density at radius 1 is 1.44 bits per heavy atom. The molecule has 1 rings (SSSR count). The second-order valence-electron chi connectivity index (χ2n) is 5.09. The summed E-state index contributed by atoms with van der Waals surface area (Å²) in [7, 11) is 3.99. The monoisotopic (exact) mass is 249 g/mol. The molecule has 0 radical (unpaired) electrons. The molecule has 0 saturated carbocycles. The average Bonchev–Trinajstić information content (AvgIpc) is 2.28. The van der Waals surface area contributed by atoms with Gasteiger partial charge in [-0.2, -0.15) is 0 Å². The molecule has 0 heterocycles. The van der Waals surface area contributed by atoms with Crippen molar-refractivity contribution in [2.24, 2.45) is 5.73 Å². The van der Waals surface area contributed by atoms with E-state index < -0.39 is 5.54 Å². The summed E-state index contributed by atoms with van der Waals surface area (Å²) < 4.78 is 0. The van der Waals surface area contributed by atoms with E-state index in [1.807, 2.05) is 52.2 Å². The lowest BCUT2D eigenvalue weighted by Crippen LogP contribution is -2.52. The SMILES string of the molecule is Cc1cccc(C(C)(NCCN(C)C)C(N)=O)c1. The minimum atomic E-state index is -0.817. The third kappa shape index (κ3) is 3.55. The van der Waals surface area contributed by atoms with Crippen LogP contribution in [0, 0.1) is 6.92 Å². The highest BCUT2D eigenvalue weighted by molar-refractivity contribution is 5.85. The number of nitrogens with one attached hydrogen (secondary N) is 1. The lowest BCUT2D eigenvalue weighted by atomic mass is 9.90. The molecule has 0 fully saturated rings. The molecule has 1 atom stereocenters. The van der Waals surface area contributed by atoms with Gasteiger partial charge in [-0.25, -0.2) is 0 Å². The first-order chi connectivity index (χ1) is 8.36. The number of hydrogen-bond acceptors (Lipinski definition) is 3. The Morgan fingerprint density at radius 2 is 2.11 bits per heavy atom. The normalized spacial score (nSPS) is 14.5. The Bertz CT molecular complexity index is 417. The topological polar surface area (TPSA) is 58.4 Å². The number of hydrogen-bond donors (Lipinski definition) is 2. The Morgan fingerprint density at radius 3 is 2.61 bits per heavy atom. The number of nitrogens with two attached hydrogens (primary N) is 1. The van der Waals surface area contributed by atoms with Gasteiger partial charge < -0.3 is 10.6 Å². The average molecular weight is 249 g/mol. The van der Waals surface area contributed by atoms with E-state index in [1.54, 1.807) is 0 Å². The van der Waals surface area contributed by atoms with Crippen molar-refractivity contribution in [2.45, 2.75) is 19.4 Å². The van der Waals surface area contributed by atoms with E-state index >= 15 is 0 Å². The quantitative estimate of drug-likeness (QED) is 0.785. The molecule has 0 saturated heterocycles. The molecule has 100 valence electrons. The number of primary amides is 1. The Labute approximate surface area is 109 Å². The molecule has 0 aromatic heterocycles. The zero-order chi connectivity index (χ0) is 13.8. The number of likely N-dealkylation sites (N-methyl/N-ethyl adjacent to an activating group) is 1. The van der Waals surface area contributed by atoms with E-state index in [0.717, 1.165) is 17.7 Å². The second-order valence-corrected chi connectivity index (χ2v) is 5.09. The van der Waals surface area contributed by atoms with E-state index in [2.05, 4.69) is 10.2 Å². The fourth-order valence-electron chi connectivity index (χ4n) is 1.82. The summed E-state index contributed by atoms with van der Waals surface area (Å²) in [4.78, 5) is 13.8. The molecule has 3 N–H and O–H groups in total. The van der Waals surface area contributed by atoms with Gasteiger partial charge in [-0.05, 0) is 33.5 Å². The van der Waals surface area contributed by atoms with Gasteiger partial charge in [-0.1, -0.05) is 29.8 Å². The Kier molecular flexibility index (Phi) is 4.87. The highest BCUT2D eigenvalue weighted by Gasteiger charge is 2.32. The van der Waals surface area contributed by atoms with Crippen molar-refractivity contribution in [3.05, 3.63) is 35.4 Å². The van der Waals surface area contributed by atoms with Crippen LogP contribution in [0.4, 0.5) is 0 Å². The Hall–Kier alpha value is -1.39. The van der Waals surface area contributed by atoms with Crippen molar-refractivity contribution in [3.8, 4) is 0 Å². The molecule has 0 aliphatic rings. The maximum atomic E-state index is 11.8. The molecule has 1 aromatic carbocycles. The highest BCUT2D eigenvalue weighted by Crippen LogP contribution is 2.21. The molecular weight excluding hydrogens is 226 g/mol. The van der Waals surface area contributed by atoms with Crippen LogP contribution in [-0.2, 0) is 10.3 Å². The van der Waals surface area contributed by atoms with Gasteiger partial charge in [0.25, 0.3) is 0 Å². The van der Waals surface area contributed by atoms with Crippen molar-refractivity contribution in [2.75, 3.05) is 27.2 Å². The molecular formula is C14H23N3O. The second kappa shape index (κ2) is 5.98. The number of benzene rings is 1. The van der Waals surface area contributed by atoms with Gasteiger partial charge in [0.1, 0.15) is 5.54 Å². The van der Waals surface area contributed by atoms with Crippen LogP contribution in [0.1, 0.15) is 18.1 Å². The van der Waals surface area contributed by atoms with Gasteiger partial charge in [-0.3, -0.25) is 10.1 Å². The molecule has 0 bridgehead atoms. The summed E-state index contributed by atoms with van der Waals surface area (Å²) in [6, 6.07) is 7.87. The summed E-state index contributed by atoms with van der Waals surface area (Å²) in [5.41, 5.74) is 6.77. The first kappa shape index (κ1) is 14.7. The predicted octanol–water partition coefficient (Wildman–Crippen LogP) is 0.847. The number of carbonyl (C=O) groups excluding carboxylic acids is 1. The summed E-state index contributed by atoms with van der Waals surface area (Å²) in [5.74, 6) is -0.355. The number of carbonyl (C=O) groups is 1. The zero-order valence-electron chi connectivity index (χ0n) is 11.7. The van der Waals surface area contributed by atoms with E-state index in [-0.39, 0.29) is 5.91 Å². The number of aryl methyl sites for hydroxylation is 1. The van der Waals surface area contributed by atoms with Crippen molar-refractivity contribution in [1.82, 2.24) is 10.2 Å². The van der Waals surface area contributed by atoms with Crippen molar-refractivity contribution in [3.63, 3.8) is 0 Å². The molecule has 4 nitrogen and oxygen atoms in total. The largest absolute Gasteiger partial charge is 0.368 e. The van der Waals surface area contributed by atoms with E-state index in [0.29, 0.717) is 6.54 Å². The molecule has 0 spiro atoms. The third-order valence-electron chi connectivity index (χ3n) is 3.13. The van der Waals surface area contributed by atoms with Crippen LogP contribution in [0.25, 0.3) is 0 Å². The van der Waals surface area contributed by atoms with Crippen LogP contribution in [0.15, 0.2) is 24.3 Å². The van der Waals surface area contributed by atoms with Gasteiger partial charge >= 0.3 is 0 Å².